The molecule has 0 bridgehead atoms. The fourth-order valence-electron chi connectivity index (χ4n) is 3.25. The van der Waals surface area contributed by atoms with Gasteiger partial charge in [-0.1, -0.05) is 42.5 Å². The Morgan fingerprint density at radius 3 is 2.38 bits per heavy atom. The first kappa shape index (κ1) is 21.0. The molecule has 1 aliphatic heterocycles. The standard InChI is InChI=1S/C23H28N2O4/c1-18(20-6-4-3-5-7-20)24(2)22(26)17-29-23(27)21-10-8-19(9-11-21)16-25-12-14-28-15-13-25/h3-11,18H,12-17H2,1-2H3/t18-/m1/s1. The van der Waals surface area contributed by atoms with Crippen LogP contribution in [-0.2, 0) is 20.8 Å². The molecule has 0 spiro atoms. The van der Waals surface area contributed by atoms with E-state index < -0.39 is 5.97 Å². The maximum atomic E-state index is 12.4. The minimum Gasteiger partial charge on any atom is -0.452 e. The van der Waals surface area contributed by atoms with Crippen LogP contribution >= 0.6 is 0 Å². The van der Waals surface area contributed by atoms with Crippen molar-refractivity contribution in [2.45, 2.75) is 19.5 Å². The van der Waals surface area contributed by atoms with Crippen LogP contribution in [0, 0.1) is 0 Å². The molecule has 1 aliphatic rings. The Morgan fingerprint density at radius 2 is 1.72 bits per heavy atom. The van der Waals surface area contributed by atoms with Gasteiger partial charge >= 0.3 is 5.97 Å². The number of nitrogens with zero attached hydrogens (tertiary/aromatic N) is 2. The van der Waals surface area contributed by atoms with Crippen LogP contribution in [0.1, 0.15) is 34.5 Å². The molecule has 154 valence electrons. The first-order valence-corrected chi connectivity index (χ1v) is 9.91. The van der Waals surface area contributed by atoms with Crippen LogP contribution in [0.3, 0.4) is 0 Å². The molecule has 1 fully saturated rings. The van der Waals surface area contributed by atoms with Crippen molar-refractivity contribution in [2.24, 2.45) is 0 Å². The van der Waals surface area contributed by atoms with Crippen molar-refractivity contribution >= 4 is 11.9 Å². The maximum absolute atomic E-state index is 12.4. The Bertz CT molecular complexity index is 801. The SMILES string of the molecule is C[C@H](c1ccccc1)N(C)C(=O)COC(=O)c1ccc(CN2CCOCC2)cc1. The number of ether oxygens (including phenoxy) is 2. The fraction of sp³-hybridized carbons (Fsp3) is 0.391. The van der Waals surface area contributed by atoms with E-state index in [9.17, 15) is 9.59 Å². The third-order valence-corrected chi connectivity index (χ3v) is 5.28. The highest BCUT2D eigenvalue weighted by molar-refractivity contribution is 5.91. The van der Waals surface area contributed by atoms with Crippen LogP contribution in [0.2, 0.25) is 0 Å². The summed E-state index contributed by atoms with van der Waals surface area (Å²) in [5.41, 5.74) is 2.61. The number of hydrogen-bond donors (Lipinski definition) is 0. The molecule has 0 aromatic heterocycles. The van der Waals surface area contributed by atoms with Gasteiger partial charge in [-0.3, -0.25) is 9.69 Å². The second kappa shape index (κ2) is 10.2. The van der Waals surface area contributed by atoms with Gasteiger partial charge in [-0.2, -0.15) is 0 Å². The highest BCUT2D eigenvalue weighted by Gasteiger charge is 2.19. The summed E-state index contributed by atoms with van der Waals surface area (Å²) < 4.78 is 10.6. The number of amides is 1. The summed E-state index contributed by atoms with van der Waals surface area (Å²) in [6.07, 6.45) is 0. The lowest BCUT2D eigenvalue weighted by Gasteiger charge is -2.26. The summed E-state index contributed by atoms with van der Waals surface area (Å²) in [6, 6.07) is 17.0. The zero-order valence-electron chi connectivity index (χ0n) is 17.0. The number of hydrogen-bond acceptors (Lipinski definition) is 5. The molecule has 29 heavy (non-hydrogen) atoms. The van der Waals surface area contributed by atoms with Gasteiger partial charge in [-0.15, -0.1) is 0 Å². The lowest BCUT2D eigenvalue weighted by molar-refractivity contribution is -0.135. The molecular weight excluding hydrogens is 368 g/mol. The van der Waals surface area contributed by atoms with Gasteiger partial charge in [-0.25, -0.2) is 4.79 Å². The summed E-state index contributed by atoms with van der Waals surface area (Å²) in [5.74, 6) is -0.726. The lowest BCUT2D eigenvalue weighted by atomic mass is 10.1. The second-order valence-corrected chi connectivity index (χ2v) is 7.25. The fourth-order valence-corrected chi connectivity index (χ4v) is 3.25. The first-order chi connectivity index (χ1) is 14.0. The Kier molecular flexibility index (Phi) is 7.38. The largest absolute Gasteiger partial charge is 0.452 e. The molecule has 0 aliphatic carbocycles. The van der Waals surface area contributed by atoms with E-state index in [4.69, 9.17) is 9.47 Å². The predicted octanol–water partition coefficient (Wildman–Crippen LogP) is 2.90. The summed E-state index contributed by atoms with van der Waals surface area (Å²) >= 11 is 0. The Hall–Kier alpha value is -2.70. The molecule has 6 nitrogen and oxygen atoms in total. The minimum atomic E-state index is -0.489. The van der Waals surface area contributed by atoms with Crippen molar-refractivity contribution in [3.05, 3.63) is 71.3 Å². The molecule has 1 atom stereocenters. The summed E-state index contributed by atoms with van der Waals surface area (Å²) in [6.45, 7) is 5.86. The van der Waals surface area contributed by atoms with Crippen molar-refractivity contribution in [2.75, 3.05) is 40.0 Å². The zero-order chi connectivity index (χ0) is 20.6. The predicted molar refractivity (Wildman–Crippen MR) is 110 cm³/mol. The third-order valence-electron chi connectivity index (χ3n) is 5.28. The molecule has 0 radical (unpaired) electrons. The van der Waals surface area contributed by atoms with Crippen LogP contribution in [0.5, 0.6) is 0 Å². The van der Waals surface area contributed by atoms with E-state index in [2.05, 4.69) is 4.90 Å². The van der Waals surface area contributed by atoms with Crippen molar-refractivity contribution < 1.29 is 19.1 Å². The van der Waals surface area contributed by atoms with Crippen molar-refractivity contribution in [1.82, 2.24) is 9.80 Å². The molecular formula is C23H28N2O4. The number of carbonyl (C=O) groups is 2. The van der Waals surface area contributed by atoms with E-state index in [0.717, 1.165) is 44.0 Å². The Labute approximate surface area is 172 Å². The van der Waals surface area contributed by atoms with Gasteiger partial charge in [-0.05, 0) is 30.2 Å². The van der Waals surface area contributed by atoms with Crippen molar-refractivity contribution in [3.63, 3.8) is 0 Å². The second-order valence-electron chi connectivity index (χ2n) is 7.25. The molecule has 0 N–H and O–H groups in total. The molecule has 0 unspecified atom stereocenters. The smallest absolute Gasteiger partial charge is 0.338 e. The highest BCUT2D eigenvalue weighted by Crippen LogP contribution is 2.18. The molecule has 1 heterocycles. The molecule has 1 amide bonds. The summed E-state index contributed by atoms with van der Waals surface area (Å²) in [7, 11) is 1.72. The maximum Gasteiger partial charge on any atom is 0.338 e. The van der Waals surface area contributed by atoms with Gasteiger partial charge in [0, 0.05) is 26.7 Å². The van der Waals surface area contributed by atoms with Crippen LogP contribution in [0.15, 0.2) is 54.6 Å². The molecule has 1 saturated heterocycles. The Balaban J connectivity index is 1.48. The molecule has 6 heteroatoms. The van der Waals surface area contributed by atoms with Gasteiger partial charge in [0.05, 0.1) is 24.8 Å². The van der Waals surface area contributed by atoms with E-state index in [1.165, 1.54) is 0 Å². The van der Waals surface area contributed by atoms with Gasteiger partial charge < -0.3 is 14.4 Å². The average molecular weight is 396 g/mol. The van der Waals surface area contributed by atoms with Crippen LogP contribution in [-0.4, -0.2) is 61.6 Å². The van der Waals surface area contributed by atoms with Gasteiger partial charge in [0.15, 0.2) is 6.61 Å². The van der Waals surface area contributed by atoms with Crippen LogP contribution in [0.4, 0.5) is 0 Å². The minimum absolute atomic E-state index is 0.0955. The van der Waals surface area contributed by atoms with E-state index >= 15 is 0 Å². The number of esters is 1. The van der Waals surface area contributed by atoms with E-state index in [1.807, 2.05) is 49.4 Å². The van der Waals surface area contributed by atoms with Gasteiger partial charge in [0.2, 0.25) is 0 Å². The van der Waals surface area contributed by atoms with Crippen molar-refractivity contribution in [3.8, 4) is 0 Å². The normalized spacial score (nSPS) is 15.5. The Morgan fingerprint density at radius 1 is 1.07 bits per heavy atom. The van der Waals surface area contributed by atoms with Crippen LogP contribution in [0.25, 0.3) is 0 Å². The van der Waals surface area contributed by atoms with E-state index in [1.54, 1.807) is 24.1 Å². The number of rotatable bonds is 7. The summed E-state index contributed by atoms with van der Waals surface area (Å²) in [5, 5.41) is 0. The van der Waals surface area contributed by atoms with Gasteiger partial charge in [0.1, 0.15) is 0 Å². The first-order valence-electron chi connectivity index (χ1n) is 9.91. The quantitative estimate of drug-likeness (QED) is 0.674. The third kappa shape index (κ3) is 5.89. The molecule has 2 aromatic rings. The number of carbonyl (C=O) groups excluding carboxylic acids is 2. The van der Waals surface area contributed by atoms with Crippen molar-refractivity contribution in [1.29, 1.82) is 0 Å². The highest BCUT2D eigenvalue weighted by atomic mass is 16.5. The zero-order valence-corrected chi connectivity index (χ0v) is 17.0. The lowest BCUT2D eigenvalue weighted by Crippen LogP contribution is -2.35. The van der Waals surface area contributed by atoms with E-state index in [0.29, 0.717) is 5.56 Å². The average Bonchev–Trinajstić information content (AvgIpc) is 2.78. The molecule has 2 aromatic carbocycles. The molecule has 0 saturated carbocycles. The molecule has 3 rings (SSSR count). The van der Waals surface area contributed by atoms with Gasteiger partial charge in [0.25, 0.3) is 5.91 Å². The monoisotopic (exact) mass is 396 g/mol. The number of morpholine rings is 1. The van der Waals surface area contributed by atoms with Crippen LogP contribution < -0.4 is 0 Å². The number of likely N-dealkylation sites (N-methyl/N-ethyl adjacent to an activating group) is 1. The summed E-state index contributed by atoms with van der Waals surface area (Å²) in [4.78, 5) is 28.6. The topological polar surface area (TPSA) is 59.1 Å². The van der Waals surface area contributed by atoms with E-state index in [-0.39, 0.29) is 18.6 Å². The number of benzene rings is 2.